The van der Waals surface area contributed by atoms with Crippen LogP contribution in [0.5, 0.6) is 0 Å². The van der Waals surface area contributed by atoms with Crippen LogP contribution in [0.15, 0.2) is 29.9 Å². The third kappa shape index (κ3) is 2.71. The summed E-state index contributed by atoms with van der Waals surface area (Å²) in [6, 6.07) is 4.30. The molecule has 0 aliphatic rings. The molecule has 2 rings (SSSR count). The molecule has 0 aromatic carbocycles. The molecule has 0 unspecified atom stereocenters. The largest absolute Gasteiger partial charge is 0.348 e. The van der Waals surface area contributed by atoms with Crippen LogP contribution in [-0.2, 0) is 12.0 Å². The van der Waals surface area contributed by atoms with Gasteiger partial charge in [0.2, 0.25) is 0 Å². The van der Waals surface area contributed by atoms with E-state index in [2.05, 4.69) is 46.6 Å². The van der Waals surface area contributed by atoms with Crippen molar-refractivity contribution >= 4 is 11.3 Å². The number of H-pyrrole nitrogens is 1. The van der Waals surface area contributed by atoms with Crippen molar-refractivity contribution in [1.29, 1.82) is 0 Å². The molecule has 3 nitrogen and oxygen atoms in total. The van der Waals surface area contributed by atoms with Gasteiger partial charge < -0.3 is 10.3 Å². The molecular weight excluding hydrogens is 218 g/mol. The maximum absolute atomic E-state index is 4.18. The Hall–Kier alpha value is -1.13. The summed E-state index contributed by atoms with van der Waals surface area (Å²) in [7, 11) is 0. The summed E-state index contributed by atoms with van der Waals surface area (Å²) in [6.45, 7) is 6.26. The third-order valence-electron chi connectivity index (χ3n) is 2.60. The maximum atomic E-state index is 4.18. The van der Waals surface area contributed by atoms with Crippen molar-refractivity contribution in [2.75, 3.05) is 6.54 Å². The first-order valence-corrected chi connectivity index (χ1v) is 6.29. The van der Waals surface area contributed by atoms with Crippen molar-refractivity contribution in [2.24, 2.45) is 0 Å². The SMILES string of the molecule is CC(C)(CNCc1ncc[nH]1)c1cccs1. The second kappa shape index (κ2) is 4.80. The molecule has 0 amide bonds. The van der Waals surface area contributed by atoms with Gasteiger partial charge in [-0.3, -0.25) is 0 Å². The molecule has 0 spiro atoms. The lowest BCUT2D eigenvalue weighted by Gasteiger charge is -2.23. The Bertz CT molecular complexity index is 403. The van der Waals surface area contributed by atoms with E-state index in [1.807, 2.05) is 17.5 Å². The Morgan fingerprint density at radius 3 is 3.00 bits per heavy atom. The van der Waals surface area contributed by atoms with E-state index in [4.69, 9.17) is 0 Å². The van der Waals surface area contributed by atoms with Gasteiger partial charge in [0.1, 0.15) is 5.82 Å². The summed E-state index contributed by atoms with van der Waals surface area (Å²) in [5.41, 5.74) is 0.181. The Morgan fingerprint density at radius 2 is 2.38 bits per heavy atom. The second-order valence-corrected chi connectivity index (χ2v) is 5.45. The van der Waals surface area contributed by atoms with Crippen LogP contribution in [0, 0.1) is 0 Å². The Balaban J connectivity index is 1.85. The van der Waals surface area contributed by atoms with Gasteiger partial charge in [0.15, 0.2) is 0 Å². The molecule has 0 saturated carbocycles. The molecular formula is C12H17N3S. The van der Waals surface area contributed by atoms with Crippen molar-refractivity contribution < 1.29 is 0 Å². The quantitative estimate of drug-likeness (QED) is 0.836. The molecule has 4 heteroatoms. The number of nitrogens with one attached hydrogen (secondary N) is 2. The van der Waals surface area contributed by atoms with E-state index in [0.717, 1.165) is 18.9 Å². The smallest absolute Gasteiger partial charge is 0.120 e. The first-order chi connectivity index (χ1) is 7.68. The average molecular weight is 235 g/mol. The van der Waals surface area contributed by atoms with Crippen LogP contribution in [0.3, 0.4) is 0 Å². The predicted octanol–water partition coefficient (Wildman–Crippen LogP) is 2.54. The van der Waals surface area contributed by atoms with Crippen LogP contribution in [-0.4, -0.2) is 16.5 Å². The summed E-state index contributed by atoms with van der Waals surface area (Å²) in [6.07, 6.45) is 3.63. The van der Waals surface area contributed by atoms with E-state index in [-0.39, 0.29) is 5.41 Å². The highest BCUT2D eigenvalue weighted by Gasteiger charge is 2.20. The summed E-state index contributed by atoms with van der Waals surface area (Å²) < 4.78 is 0. The van der Waals surface area contributed by atoms with E-state index in [0.29, 0.717) is 0 Å². The Kier molecular flexibility index (Phi) is 3.41. The normalized spacial score (nSPS) is 11.9. The summed E-state index contributed by atoms with van der Waals surface area (Å²) in [5.74, 6) is 0.988. The van der Waals surface area contributed by atoms with Gasteiger partial charge in [-0.1, -0.05) is 19.9 Å². The van der Waals surface area contributed by atoms with E-state index in [9.17, 15) is 0 Å². The van der Waals surface area contributed by atoms with Crippen LogP contribution in [0.2, 0.25) is 0 Å². The minimum atomic E-state index is 0.181. The minimum absolute atomic E-state index is 0.181. The number of aromatic nitrogens is 2. The Morgan fingerprint density at radius 1 is 1.50 bits per heavy atom. The number of nitrogens with zero attached hydrogens (tertiary/aromatic N) is 1. The zero-order valence-corrected chi connectivity index (χ0v) is 10.5. The molecule has 2 aromatic rings. The third-order valence-corrected chi connectivity index (χ3v) is 3.84. The first-order valence-electron chi connectivity index (χ1n) is 5.41. The number of hydrogen-bond acceptors (Lipinski definition) is 3. The van der Waals surface area contributed by atoms with Crippen molar-refractivity contribution in [2.45, 2.75) is 25.8 Å². The molecule has 0 atom stereocenters. The van der Waals surface area contributed by atoms with Gasteiger partial charge in [-0.15, -0.1) is 11.3 Å². The predicted molar refractivity (Wildman–Crippen MR) is 67.6 cm³/mol. The van der Waals surface area contributed by atoms with Crippen LogP contribution < -0.4 is 5.32 Å². The number of hydrogen-bond donors (Lipinski definition) is 2. The van der Waals surface area contributed by atoms with Gasteiger partial charge in [-0.25, -0.2) is 4.98 Å². The van der Waals surface area contributed by atoms with Gasteiger partial charge in [-0.05, 0) is 11.4 Å². The van der Waals surface area contributed by atoms with Crippen LogP contribution >= 0.6 is 11.3 Å². The zero-order valence-electron chi connectivity index (χ0n) is 9.66. The standard InChI is InChI=1S/C12H17N3S/c1-12(2,10-4-3-7-16-10)9-13-8-11-14-5-6-15-11/h3-7,13H,8-9H2,1-2H3,(H,14,15). The van der Waals surface area contributed by atoms with Crippen LogP contribution in [0.25, 0.3) is 0 Å². The van der Waals surface area contributed by atoms with E-state index < -0.39 is 0 Å². The average Bonchev–Trinajstić information content (AvgIpc) is 2.90. The van der Waals surface area contributed by atoms with E-state index in [1.54, 1.807) is 6.20 Å². The van der Waals surface area contributed by atoms with Crippen molar-refractivity contribution in [3.05, 3.63) is 40.6 Å². The molecule has 16 heavy (non-hydrogen) atoms. The number of aromatic amines is 1. The fourth-order valence-electron chi connectivity index (χ4n) is 1.64. The second-order valence-electron chi connectivity index (χ2n) is 4.50. The number of rotatable bonds is 5. The molecule has 2 heterocycles. The molecule has 0 radical (unpaired) electrons. The lowest BCUT2D eigenvalue weighted by atomic mass is 9.91. The van der Waals surface area contributed by atoms with Gasteiger partial charge >= 0.3 is 0 Å². The fourth-order valence-corrected chi connectivity index (χ4v) is 2.49. The summed E-state index contributed by atoms with van der Waals surface area (Å²) in [5, 5.41) is 5.56. The zero-order chi connectivity index (χ0) is 11.4. The minimum Gasteiger partial charge on any atom is -0.348 e. The molecule has 0 fully saturated rings. The molecule has 86 valence electrons. The highest BCUT2D eigenvalue weighted by atomic mass is 32.1. The Labute approximate surface area is 99.9 Å². The topological polar surface area (TPSA) is 40.7 Å². The lowest BCUT2D eigenvalue weighted by molar-refractivity contribution is 0.472. The van der Waals surface area contributed by atoms with Gasteiger partial charge in [0.05, 0.1) is 6.54 Å². The summed E-state index contributed by atoms with van der Waals surface area (Å²) >= 11 is 1.81. The van der Waals surface area contributed by atoms with Crippen LogP contribution in [0.4, 0.5) is 0 Å². The molecule has 0 bridgehead atoms. The van der Waals surface area contributed by atoms with Crippen LogP contribution in [0.1, 0.15) is 24.5 Å². The van der Waals surface area contributed by atoms with Gasteiger partial charge in [0, 0.05) is 29.2 Å². The van der Waals surface area contributed by atoms with Gasteiger partial charge in [-0.2, -0.15) is 0 Å². The van der Waals surface area contributed by atoms with Crippen molar-refractivity contribution in [3.8, 4) is 0 Å². The first kappa shape index (κ1) is 11.4. The monoisotopic (exact) mass is 235 g/mol. The fraction of sp³-hybridized carbons (Fsp3) is 0.417. The highest BCUT2D eigenvalue weighted by Crippen LogP contribution is 2.26. The highest BCUT2D eigenvalue weighted by molar-refractivity contribution is 7.10. The molecule has 2 N–H and O–H groups in total. The lowest BCUT2D eigenvalue weighted by Crippen LogP contribution is -2.32. The maximum Gasteiger partial charge on any atom is 0.120 e. The number of thiophene rings is 1. The summed E-state index contributed by atoms with van der Waals surface area (Å²) in [4.78, 5) is 8.69. The molecule has 0 saturated heterocycles. The molecule has 2 aromatic heterocycles. The van der Waals surface area contributed by atoms with Crippen molar-refractivity contribution in [3.63, 3.8) is 0 Å². The number of imidazole rings is 1. The molecule has 0 aliphatic heterocycles. The van der Waals surface area contributed by atoms with E-state index >= 15 is 0 Å². The molecule has 0 aliphatic carbocycles. The van der Waals surface area contributed by atoms with E-state index in [1.165, 1.54) is 4.88 Å². The van der Waals surface area contributed by atoms with Gasteiger partial charge in [0.25, 0.3) is 0 Å². The van der Waals surface area contributed by atoms with Crippen molar-refractivity contribution in [1.82, 2.24) is 15.3 Å².